The van der Waals surface area contributed by atoms with E-state index >= 15 is 0 Å². The number of carboxylic acids is 1. The minimum atomic E-state index is -2.41. The summed E-state index contributed by atoms with van der Waals surface area (Å²) in [7, 11) is 1.38. The number of aliphatic imine (C=N–C) groups is 6. The molecule has 43 heteroatoms. The van der Waals surface area contributed by atoms with E-state index in [9.17, 15) is 122 Å². The second kappa shape index (κ2) is 37.7. The number of carbonyl (C=O) groups is 1. The summed E-state index contributed by atoms with van der Waals surface area (Å²) < 4.78 is 62.5. The number of phenols is 4. The fourth-order valence-corrected chi connectivity index (χ4v) is 15.6. The van der Waals surface area contributed by atoms with Gasteiger partial charge in [0, 0.05) is 35.2 Å². The average Bonchev–Trinajstić information content (AvgIpc) is 0.762. The normalized spacial score (nSPS) is 32.8. The van der Waals surface area contributed by atoms with Crippen molar-refractivity contribution in [3.05, 3.63) is 177 Å². The van der Waals surface area contributed by atoms with Crippen LogP contribution in [0.15, 0.2) is 163 Å². The molecular formula is C83H91ClN8O34. The molecule has 674 valence electrons. The zero-order valence-corrected chi connectivity index (χ0v) is 67.2. The molecule has 0 amide bonds. The maximum absolute atomic E-state index is 13.7. The van der Waals surface area contributed by atoms with Gasteiger partial charge in [-0.25, -0.2) is 34.7 Å². The molecule has 19 unspecified atom stereocenters. The van der Waals surface area contributed by atoms with E-state index in [-0.39, 0.29) is 45.7 Å². The quantitative estimate of drug-likeness (QED) is 0.0488. The summed E-state index contributed by atoms with van der Waals surface area (Å²) in [4.78, 5) is 41.0. The molecule has 28 atom stereocenters. The van der Waals surface area contributed by atoms with E-state index in [4.69, 9.17) is 64.7 Å². The van der Waals surface area contributed by atoms with E-state index in [1.54, 1.807) is 0 Å². The zero-order chi connectivity index (χ0) is 90.5. The molecule has 9 heterocycles. The van der Waals surface area contributed by atoms with E-state index in [0.717, 1.165) is 54.6 Å². The number of benzene rings is 7. The summed E-state index contributed by atoms with van der Waals surface area (Å²) in [5, 5.41) is 270. The first-order valence-corrected chi connectivity index (χ1v) is 39.6. The van der Waals surface area contributed by atoms with Crippen molar-refractivity contribution in [3.63, 3.8) is 0 Å². The molecule has 0 spiro atoms. The lowest BCUT2D eigenvalue weighted by atomic mass is 9.90. The predicted octanol–water partition coefficient (Wildman–Crippen LogP) is 2.66. The van der Waals surface area contributed by atoms with Crippen LogP contribution in [0.4, 0.5) is 0 Å². The van der Waals surface area contributed by atoms with Gasteiger partial charge in [-0.2, -0.15) is 0 Å². The molecule has 11 bridgehead atoms. The van der Waals surface area contributed by atoms with E-state index in [0.29, 0.717) is 0 Å². The fourth-order valence-electron chi connectivity index (χ4n) is 15.4. The Morgan fingerprint density at radius 3 is 1.68 bits per heavy atom. The molecule has 0 aliphatic carbocycles. The van der Waals surface area contributed by atoms with E-state index in [2.05, 4.69) is 35.3 Å². The van der Waals surface area contributed by atoms with Crippen molar-refractivity contribution >= 4 is 53.0 Å². The lowest BCUT2D eigenvalue weighted by molar-refractivity contribution is -0.312. The van der Waals surface area contributed by atoms with Crippen LogP contribution in [-0.2, 0) is 33.2 Å². The van der Waals surface area contributed by atoms with Gasteiger partial charge >= 0.3 is 5.97 Å². The highest BCUT2D eigenvalue weighted by molar-refractivity contribution is 6.32. The van der Waals surface area contributed by atoms with Gasteiger partial charge in [0.25, 0.3) is 0 Å². The lowest BCUT2D eigenvalue weighted by Crippen LogP contribution is -2.60. The molecule has 26 N–H and O–H groups in total. The van der Waals surface area contributed by atoms with Crippen LogP contribution in [0, 0.1) is 0 Å². The standard InChI is InChI=1S/C83H91ClN8O34/c1-29-61(99)44(85)26-52(117-29)124-72-35-11-19-47(43(84)21-35)121-49-23-36-22-48(73(49)126-83-70(108)67(105)64(102)51(28-94)123-83)119-39-16-8-33(9-17-39)71(125-82-69(107)66(104)63(101)50(27-93)122-82)59(91-74(109)54(86-3)31-6-14-40(15-7-31)120-81-68(106)65(103)62(100)30(2)118-81)78(113)87-55(32-4-12-37(95)13-5-32)75(110)89-57(36)77(112)88-56-34-10-18-45(97)41(20-34)53-42(24-38(96)25-46(53)98)58(80(115)116)90-79(114)60(72)92-76(56)111/h4-25,29-30,44,50-52,54-72,81-83,86,93-108H,26-28,85H2,1-3H3,(H,87,113)(H,88,112)(H,89,110)(H,90,114)(H,91,109)(H,92,111)(H,115,116)/t29?,30?,44?,50?,51?,52?,54-,55+,56-,57-,58-,59-,60+,61?,62?,63?,64?,65?,66?,67?,68?,69?,70?,71-,72-,81?,82?,83?/m1/s1. The molecule has 42 nitrogen and oxygen atoms in total. The number of fused-ring (bicyclic) bond motifs is 12. The Labute approximate surface area is 718 Å². The van der Waals surface area contributed by atoms with E-state index in [1.807, 2.05) is 0 Å². The number of phenolic OH excluding ortho intramolecular Hbond substituents is 4. The second-order valence-corrected chi connectivity index (χ2v) is 31.2. The van der Waals surface area contributed by atoms with Crippen molar-refractivity contribution in [1.82, 2.24) is 5.32 Å². The van der Waals surface area contributed by atoms with Gasteiger partial charge in [0.15, 0.2) is 60.3 Å². The van der Waals surface area contributed by atoms with E-state index < -0.39 is 299 Å². The predicted molar refractivity (Wildman–Crippen MR) is 436 cm³/mol. The molecule has 16 rings (SSSR count). The van der Waals surface area contributed by atoms with E-state index in [1.165, 1.54) is 99.8 Å². The maximum Gasteiger partial charge on any atom is 0.333 e. The van der Waals surface area contributed by atoms with Crippen molar-refractivity contribution in [2.45, 2.75) is 191 Å². The fraction of sp³-hybridized carbons (Fsp3) is 0.410. The Hall–Kier alpha value is -11.3. The van der Waals surface area contributed by atoms with Crippen molar-refractivity contribution < 1.29 is 170 Å². The van der Waals surface area contributed by atoms with Crippen molar-refractivity contribution in [3.8, 4) is 68.6 Å². The third-order valence-corrected chi connectivity index (χ3v) is 22.6. The van der Waals surface area contributed by atoms with Gasteiger partial charge in [-0.1, -0.05) is 60.1 Å². The lowest BCUT2D eigenvalue weighted by Gasteiger charge is -2.41. The summed E-state index contributed by atoms with van der Waals surface area (Å²) in [6.07, 6.45) is -35.9. The first kappa shape index (κ1) is 90.9. The highest BCUT2D eigenvalue weighted by Crippen LogP contribution is 2.51. The Bertz CT molecular complexity index is 5290. The zero-order valence-electron chi connectivity index (χ0n) is 66.4. The van der Waals surface area contributed by atoms with Crippen molar-refractivity contribution in [2.24, 2.45) is 35.7 Å². The second-order valence-electron chi connectivity index (χ2n) is 30.7. The Kier molecular flexibility index (Phi) is 27.2. The average molecular weight is 1780 g/mol. The number of nitrogens with one attached hydrogen (secondary N) is 1. The summed E-state index contributed by atoms with van der Waals surface area (Å²) in [6.45, 7) is 0.892. The molecule has 0 saturated carbocycles. The number of aliphatic carboxylic acids is 1. The van der Waals surface area contributed by atoms with Crippen LogP contribution < -0.4 is 30.0 Å². The first-order chi connectivity index (χ1) is 60.0. The first-order valence-electron chi connectivity index (χ1n) is 39.3. The highest BCUT2D eigenvalue weighted by Gasteiger charge is 2.50. The summed E-state index contributed by atoms with van der Waals surface area (Å²) in [5.74, 6) is -14.7. The van der Waals surface area contributed by atoms with Crippen LogP contribution in [0.1, 0.15) is 102 Å². The number of ether oxygens (including phenoxy) is 10. The van der Waals surface area contributed by atoms with Gasteiger partial charge in [0.2, 0.25) is 53.7 Å². The number of nitrogens with zero attached hydrogens (tertiary/aromatic N) is 6. The number of likely N-dealkylation sites (N-methyl/N-ethyl adjacent to an activating group) is 1. The molecule has 126 heavy (non-hydrogen) atoms. The number of hydrogen-bond acceptors (Lipinski definition) is 35. The number of halogens is 1. The molecule has 4 fully saturated rings. The Morgan fingerprint density at radius 2 is 1.06 bits per heavy atom. The van der Waals surface area contributed by atoms with Gasteiger partial charge in [-0.05, 0) is 133 Å². The topological polar surface area (TPSA) is 687 Å². The summed E-state index contributed by atoms with van der Waals surface area (Å²) in [6, 6.07) is 9.15. The largest absolute Gasteiger partial charge is 0.508 e. The molecular weight excluding hydrogens is 1690 g/mol. The highest BCUT2D eigenvalue weighted by atomic mass is 35.5. The van der Waals surface area contributed by atoms with Crippen LogP contribution >= 0.6 is 11.6 Å². The van der Waals surface area contributed by atoms with Crippen LogP contribution in [0.2, 0.25) is 5.02 Å². The third kappa shape index (κ3) is 18.6. The molecule has 7 aromatic rings. The SMILES string of the molecule is CN[C@@H](C(O)=N[C@H]1C(O)=N[C@@H](c2ccc(O)cc2)C(O)=N[C@H]2C(O)=N[C@H]3C(O)=N[C@H](C(O)=N[C@@H](C(=O)O)c4cc(O)cc(O)c4-c4cc3ccc4O)[C@H](OC3CC(N)C(O)C(C)O3)c3ccc(c(Cl)c3)Oc3cc2cc(c3OC2OC(CO)C(O)C(O)C2O)Oc2ccc(cc2)[C@H]1OC1OC(CO)C(O)C(O)C1O)c1ccc(OC2OC(C)C(O)C(O)C2O)cc1. The monoisotopic (exact) mass is 1780 g/mol. The number of carboxylic acid groups (broad SMARTS) is 1. The number of aliphatic hydroxyl groups is 18. The smallest absolute Gasteiger partial charge is 0.333 e. The number of hydrogen-bond donors (Lipinski definition) is 25. The van der Waals surface area contributed by atoms with Crippen LogP contribution in [0.25, 0.3) is 11.1 Å². The third-order valence-electron chi connectivity index (χ3n) is 22.3. The van der Waals surface area contributed by atoms with Crippen molar-refractivity contribution in [2.75, 3.05) is 20.3 Å². The van der Waals surface area contributed by atoms with Crippen molar-refractivity contribution in [1.29, 1.82) is 0 Å². The van der Waals surface area contributed by atoms with Gasteiger partial charge < -0.3 is 176 Å². The van der Waals surface area contributed by atoms with Gasteiger partial charge in [-0.3, -0.25) is 0 Å². The molecule has 9 aliphatic heterocycles. The summed E-state index contributed by atoms with van der Waals surface area (Å²) in [5.41, 5.74) is 3.61. The molecule has 0 radical (unpaired) electrons. The van der Waals surface area contributed by atoms with Crippen LogP contribution in [0.5, 0.6) is 57.5 Å². The maximum atomic E-state index is 13.7. The number of rotatable bonds is 16. The minimum absolute atomic E-state index is 0.0318. The number of nitrogens with two attached hydrogens (primary N) is 1. The number of aromatic hydroxyl groups is 4. The van der Waals surface area contributed by atoms with Crippen LogP contribution in [-0.4, -0.2) is 308 Å². The molecule has 7 aromatic carbocycles. The Balaban J connectivity index is 1.04. The summed E-state index contributed by atoms with van der Waals surface area (Å²) >= 11 is 7.34. The number of aliphatic hydroxyl groups excluding tert-OH is 18. The van der Waals surface area contributed by atoms with Gasteiger partial charge in [0.05, 0.1) is 36.5 Å². The van der Waals surface area contributed by atoms with Gasteiger partial charge in [0.1, 0.15) is 126 Å². The van der Waals surface area contributed by atoms with Crippen LogP contribution in [0.3, 0.4) is 0 Å². The molecule has 9 aliphatic rings. The molecule has 4 saturated heterocycles. The molecule has 0 aromatic heterocycles. The Morgan fingerprint density at radius 1 is 0.508 bits per heavy atom. The minimum Gasteiger partial charge on any atom is -0.508 e. The van der Waals surface area contributed by atoms with Gasteiger partial charge in [-0.15, -0.1) is 0 Å².